The fourth-order valence-electron chi connectivity index (χ4n) is 2.75. The number of nitrogens with one attached hydrogen (secondary N) is 1. The molecule has 2 unspecified atom stereocenters. The minimum Gasteiger partial charge on any atom is -0.342 e. The van der Waals surface area contributed by atoms with Crippen molar-refractivity contribution in [2.75, 3.05) is 27.2 Å². The molecule has 5 nitrogen and oxygen atoms in total. The lowest BCUT2D eigenvalue weighted by atomic mass is 9.95. The molecule has 1 fully saturated rings. The predicted octanol–water partition coefficient (Wildman–Crippen LogP) is 1.09. The predicted molar refractivity (Wildman–Crippen MR) is 80.3 cm³/mol. The number of amides is 2. The Bertz CT molecular complexity index is 342. The Balaban J connectivity index is 2.79. The zero-order chi connectivity index (χ0) is 15.3. The van der Waals surface area contributed by atoms with E-state index in [1.807, 2.05) is 34.9 Å². The van der Waals surface area contributed by atoms with Crippen molar-refractivity contribution in [1.29, 1.82) is 0 Å². The first-order valence-corrected chi connectivity index (χ1v) is 7.64. The van der Waals surface area contributed by atoms with Crippen LogP contribution in [0.4, 0.5) is 0 Å². The monoisotopic (exact) mass is 283 g/mol. The summed E-state index contributed by atoms with van der Waals surface area (Å²) in [7, 11) is 4.04. The lowest BCUT2D eigenvalue weighted by Crippen LogP contribution is -2.64. The van der Waals surface area contributed by atoms with Crippen LogP contribution in [0.5, 0.6) is 0 Å². The maximum atomic E-state index is 12.5. The van der Waals surface area contributed by atoms with Crippen molar-refractivity contribution < 1.29 is 9.59 Å². The van der Waals surface area contributed by atoms with Gasteiger partial charge >= 0.3 is 0 Å². The molecule has 1 aliphatic rings. The van der Waals surface area contributed by atoms with Gasteiger partial charge in [0.25, 0.3) is 0 Å². The van der Waals surface area contributed by atoms with E-state index in [2.05, 4.69) is 10.2 Å². The van der Waals surface area contributed by atoms with Crippen LogP contribution in [0.25, 0.3) is 0 Å². The van der Waals surface area contributed by atoms with Gasteiger partial charge in [-0.15, -0.1) is 0 Å². The molecule has 116 valence electrons. The van der Waals surface area contributed by atoms with Crippen molar-refractivity contribution in [3.63, 3.8) is 0 Å². The first-order chi connectivity index (χ1) is 9.38. The summed E-state index contributed by atoms with van der Waals surface area (Å²) in [5.74, 6) is 0.229. The highest BCUT2D eigenvalue weighted by Crippen LogP contribution is 2.19. The molecule has 0 saturated carbocycles. The summed E-state index contributed by atoms with van der Waals surface area (Å²) < 4.78 is 0. The third kappa shape index (κ3) is 4.20. The Labute approximate surface area is 122 Å². The SMILES string of the molecule is CCCC1NC(=O)C(C(C)C)N(CCCN(C)C)C1=O. The van der Waals surface area contributed by atoms with E-state index in [4.69, 9.17) is 0 Å². The van der Waals surface area contributed by atoms with Gasteiger partial charge in [-0.2, -0.15) is 0 Å². The average molecular weight is 283 g/mol. The number of carbonyl (C=O) groups is 2. The fraction of sp³-hybridized carbons (Fsp3) is 0.867. The van der Waals surface area contributed by atoms with Crippen LogP contribution in [-0.4, -0.2) is 60.9 Å². The van der Waals surface area contributed by atoms with Crippen molar-refractivity contribution in [3.8, 4) is 0 Å². The van der Waals surface area contributed by atoms with Gasteiger partial charge in [-0.3, -0.25) is 9.59 Å². The molecule has 1 aliphatic heterocycles. The summed E-state index contributed by atoms with van der Waals surface area (Å²) in [4.78, 5) is 28.7. The first-order valence-electron chi connectivity index (χ1n) is 7.64. The van der Waals surface area contributed by atoms with E-state index in [9.17, 15) is 9.59 Å². The van der Waals surface area contributed by atoms with Crippen molar-refractivity contribution in [2.45, 2.75) is 52.1 Å². The standard InChI is InChI=1S/C15H29N3O2/c1-6-8-12-15(20)18(10-7-9-17(4)5)13(11(2)3)14(19)16-12/h11-13H,6-10H2,1-5H3,(H,16,19). The molecule has 0 aliphatic carbocycles. The lowest BCUT2D eigenvalue weighted by molar-refractivity contribution is -0.151. The number of hydrogen-bond donors (Lipinski definition) is 1. The van der Waals surface area contributed by atoms with E-state index in [0.717, 1.165) is 25.8 Å². The maximum Gasteiger partial charge on any atom is 0.245 e. The molecule has 1 N–H and O–H groups in total. The molecule has 5 heteroatoms. The van der Waals surface area contributed by atoms with Crippen LogP contribution in [0.15, 0.2) is 0 Å². The molecule has 20 heavy (non-hydrogen) atoms. The second-order valence-corrected chi connectivity index (χ2v) is 6.23. The zero-order valence-electron chi connectivity index (χ0n) is 13.5. The topological polar surface area (TPSA) is 52.7 Å². The highest BCUT2D eigenvalue weighted by Gasteiger charge is 2.40. The van der Waals surface area contributed by atoms with Crippen molar-refractivity contribution in [1.82, 2.24) is 15.1 Å². The molecule has 1 heterocycles. The quantitative estimate of drug-likeness (QED) is 0.761. The smallest absolute Gasteiger partial charge is 0.245 e. The van der Waals surface area contributed by atoms with Gasteiger partial charge in [-0.25, -0.2) is 0 Å². The van der Waals surface area contributed by atoms with Gasteiger partial charge in [0.15, 0.2) is 0 Å². The Morgan fingerprint density at radius 2 is 1.95 bits per heavy atom. The van der Waals surface area contributed by atoms with Gasteiger partial charge in [-0.05, 0) is 39.4 Å². The number of carbonyl (C=O) groups excluding carboxylic acids is 2. The van der Waals surface area contributed by atoms with Gasteiger partial charge in [0, 0.05) is 6.54 Å². The minimum absolute atomic E-state index is 0.00269. The molecule has 0 aromatic carbocycles. The van der Waals surface area contributed by atoms with Crippen LogP contribution in [0.2, 0.25) is 0 Å². The van der Waals surface area contributed by atoms with Gasteiger partial charge in [-0.1, -0.05) is 27.2 Å². The second kappa shape index (κ2) is 7.62. The summed E-state index contributed by atoms with van der Waals surface area (Å²) >= 11 is 0. The molecular weight excluding hydrogens is 254 g/mol. The van der Waals surface area contributed by atoms with E-state index in [0.29, 0.717) is 6.54 Å². The zero-order valence-corrected chi connectivity index (χ0v) is 13.5. The van der Waals surface area contributed by atoms with E-state index in [1.54, 1.807) is 4.90 Å². The number of rotatable bonds is 7. The molecule has 0 aromatic heterocycles. The average Bonchev–Trinajstić information content (AvgIpc) is 2.34. The number of hydrogen-bond acceptors (Lipinski definition) is 3. The Morgan fingerprint density at radius 1 is 1.30 bits per heavy atom. The number of piperazine rings is 1. The Morgan fingerprint density at radius 3 is 2.45 bits per heavy atom. The summed E-state index contributed by atoms with van der Waals surface area (Å²) in [6.45, 7) is 7.61. The normalized spacial score (nSPS) is 23.6. The Kier molecular flexibility index (Phi) is 6.46. The van der Waals surface area contributed by atoms with E-state index in [1.165, 1.54) is 0 Å². The van der Waals surface area contributed by atoms with Gasteiger partial charge in [0.1, 0.15) is 12.1 Å². The third-order valence-electron chi connectivity index (χ3n) is 3.72. The van der Waals surface area contributed by atoms with Crippen LogP contribution in [0.1, 0.15) is 40.0 Å². The van der Waals surface area contributed by atoms with E-state index >= 15 is 0 Å². The first kappa shape index (κ1) is 17.0. The van der Waals surface area contributed by atoms with Gasteiger partial charge in [0.05, 0.1) is 0 Å². The molecule has 2 atom stereocenters. The van der Waals surface area contributed by atoms with E-state index in [-0.39, 0.29) is 29.8 Å². The fourth-order valence-corrected chi connectivity index (χ4v) is 2.75. The molecular formula is C15H29N3O2. The highest BCUT2D eigenvalue weighted by molar-refractivity contribution is 5.97. The van der Waals surface area contributed by atoms with Gasteiger partial charge in [0.2, 0.25) is 11.8 Å². The molecule has 0 spiro atoms. The van der Waals surface area contributed by atoms with Crippen LogP contribution < -0.4 is 5.32 Å². The van der Waals surface area contributed by atoms with Gasteiger partial charge < -0.3 is 15.1 Å². The van der Waals surface area contributed by atoms with E-state index < -0.39 is 0 Å². The van der Waals surface area contributed by atoms with Crippen LogP contribution in [-0.2, 0) is 9.59 Å². The third-order valence-corrected chi connectivity index (χ3v) is 3.72. The van der Waals surface area contributed by atoms with Crippen LogP contribution in [0.3, 0.4) is 0 Å². The number of nitrogens with zero attached hydrogens (tertiary/aromatic N) is 2. The highest BCUT2D eigenvalue weighted by atomic mass is 16.2. The van der Waals surface area contributed by atoms with Crippen molar-refractivity contribution in [3.05, 3.63) is 0 Å². The molecule has 1 rings (SSSR count). The summed E-state index contributed by atoms with van der Waals surface area (Å²) in [5, 5.41) is 2.89. The molecule has 0 radical (unpaired) electrons. The second-order valence-electron chi connectivity index (χ2n) is 6.23. The van der Waals surface area contributed by atoms with Crippen molar-refractivity contribution >= 4 is 11.8 Å². The molecule has 2 amide bonds. The largest absolute Gasteiger partial charge is 0.342 e. The molecule has 0 aromatic rings. The Hall–Kier alpha value is -1.10. The summed E-state index contributed by atoms with van der Waals surface area (Å²) in [6.07, 6.45) is 2.52. The molecule has 1 saturated heterocycles. The van der Waals surface area contributed by atoms with Crippen molar-refractivity contribution in [2.24, 2.45) is 5.92 Å². The summed E-state index contributed by atoms with van der Waals surface area (Å²) in [6, 6.07) is -0.653. The minimum atomic E-state index is -0.332. The lowest BCUT2D eigenvalue weighted by Gasteiger charge is -2.41. The molecule has 0 bridgehead atoms. The maximum absolute atomic E-state index is 12.5. The van der Waals surface area contributed by atoms with Crippen LogP contribution in [0, 0.1) is 5.92 Å². The van der Waals surface area contributed by atoms with Crippen LogP contribution >= 0.6 is 0 Å². The summed E-state index contributed by atoms with van der Waals surface area (Å²) in [5.41, 5.74) is 0.